The summed E-state index contributed by atoms with van der Waals surface area (Å²) in [7, 11) is 2.20. The molecule has 3 aliphatic rings. The van der Waals surface area contributed by atoms with Crippen molar-refractivity contribution in [1.29, 1.82) is 0 Å². The van der Waals surface area contributed by atoms with Gasteiger partial charge in [0.15, 0.2) is 0 Å². The van der Waals surface area contributed by atoms with Gasteiger partial charge in [-0.1, -0.05) is 107 Å². The third-order valence-corrected chi connectivity index (χ3v) is 12.9. The number of rotatable bonds is 4. The smallest absolute Gasteiger partial charge is 0.137 e. The van der Waals surface area contributed by atoms with Gasteiger partial charge in [-0.2, -0.15) is 0 Å². The molecule has 11 rings (SSSR count). The molecule has 1 aliphatic heterocycles. The van der Waals surface area contributed by atoms with Crippen LogP contribution in [0.2, 0.25) is 0 Å². The molecule has 0 fully saturated rings. The number of benzene rings is 7. The summed E-state index contributed by atoms with van der Waals surface area (Å²) < 4.78 is 6.56. The molecule has 0 saturated carbocycles. The van der Waals surface area contributed by atoms with Crippen LogP contribution in [0.4, 0.5) is 22.7 Å². The third-order valence-electron chi connectivity index (χ3n) is 12.9. The van der Waals surface area contributed by atoms with Crippen molar-refractivity contribution in [1.82, 2.24) is 0 Å². The highest BCUT2D eigenvalue weighted by molar-refractivity contribution is 6.06. The highest BCUT2D eigenvalue weighted by atomic mass is 16.3. The normalized spacial score (nSPS) is 15.6. The van der Waals surface area contributed by atoms with Gasteiger partial charge < -0.3 is 14.2 Å². The first-order valence-corrected chi connectivity index (χ1v) is 19.3. The number of anilines is 4. The molecular weight excluding hydrogens is 657 g/mol. The van der Waals surface area contributed by atoms with Crippen LogP contribution in [0.15, 0.2) is 144 Å². The Bertz CT molecular complexity index is 2870. The van der Waals surface area contributed by atoms with E-state index in [4.69, 9.17) is 4.42 Å². The number of hydrogen-bond acceptors (Lipinski definition) is 3. The number of furan rings is 1. The minimum absolute atomic E-state index is 0.132. The lowest BCUT2D eigenvalue weighted by atomic mass is 9.81. The number of fused-ring (bicyclic) bond motifs is 10. The lowest BCUT2D eigenvalue weighted by molar-refractivity contribution is 0.660. The predicted molar refractivity (Wildman–Crippen MR) is 226 cm³/mol. The van der Waals surface area contributed by atoms with Crippen LogP contribution < -0.4 is 9.80 Å². The number of likely N-dealkylation sites (N-methyl/N-ethyl adjacent to an activating group) is 1. The maximum Gasteiger partial charge on any atom is 0.137 e. The van der Waals surface area contributed by atoms with Gasteiger partial charge in [-0.25, -0.2) is 0 Å². The topological polar surface area (TPSA) is 19.6 Å². The van der Waals surface area contributed by atoms with Crippen molar-refractivity contribution in [2.75, 3.05) is 23.4 Å². The van der Waals surface area contributed by atoms with Gasteiger partial charge in [0.05, 0.1) is 5.69 Å². The minimum atomic E-state index is -0.157. The summed E-state index contributed by atoms with van der Waals surface area (Å²) in [4.78, 5) is 4.88. The molecule has 0 saturated heterocycles. The van der Waals surface area contributed by atoms with E-state index in [0.717, 1.165) is 46.3 Å². The maximum atomic E-state index is 6.56. The molecule has 0 atom stereocenters. The van der Waals surface area contributed by atoms with E-state index in [1.165, 1.54) is 72.6 Å². The SMILES string of the molecule is CN1CCc2cc(-c3cc4c(cc3N(c3ccc5c(c3)C(C)(C)c3ccccc3-5)c3ccc5c(c3)oc3ccccc35)C(C)(C)c3ccccc3-4)ccc21. The van der Waals surface area contributed by atoms with Crippen molar-refractivity contribution in [3.05, 3.63) is 167 Å². The second-order valence-electron chi connectivity index (χ2n) is 16.6. The van der Waals surface area contributed by atoms with E-state index >= 15 is 0 Å². The molecule has 0 bridgehead atoms. The van der Waals surface area contributed by atoms with Crippen molar-refractivity contribution in [3.8, 4) is 33.4 Å². The molecule has 54 heavy (non-hydrogen) atoms. The molecule has 0 unspecified atom stereocenters. The van der Waals surface area contributed by atoms with E-state index in [2.05, 4.69) is 178 Å². The first-order chi connectivity index (χ1) is 26.2. The first-order valence-electron chi connectivity index (χ1n) is 19.3. The van der Waals surface area contributed by atoms with Gasteiger partial charge in [-0.05, 0) is 117 Å². The van der Waals surface area contributed by atoms with E-state index < -0.39 is 0 Å². The molecule has 1 aromatic heterocycles. The fourth-order valence-corrected chi connectivity index (χ4v) is 10.00. The largest absolute Gasteiger partial charge is 0.456 e. The van der Waals surface area contributed by atoms with Crippen LogP contribution >= 0.6 is 0 Å². The molecular formula is C51H42N2O. The summed E-state index contributed by atoms with van der Waals surface area (Å²) >= 11 is 0. The molecule has 2 heterocycles. The second kappa shape index (κ2) is 11.0. The van der Waals surface area contributed by atoms with Crippen LogP contribution in [0.25, 0.3) is 55.3 Å². The highest BCUT2D eigenvalue weighted by Crippen LogP contribution is 2.55. The zero-order valence-corrected chi connectivity index (χ0v) is 31.5. The van der Waals surface area contributed by atoms with Crippen molar-refractivity contribution in [2.45, 2.75) is 44.9 Å². The van der Waals surface area contributed by atoms with Gasteiger partial charge in [0.1, 0.15) is 11.2 Å². The van der Waals surface area contributed by atoms with Gasteiger partial charge in [-0.3, -0.25) is 0 Å². The molecule has 8 aromatic rings. The van der Waals surface area contributed by atoms with Crippen LogP contribution in [0.3, 0.4) is 0 Å². The molecule has 7 aromatic carbocycles. The third kappa shape index (κ3) is 4.30. The van der Waals surface area contributed by atoms with Gasteiger partial charge in [0, 0.05) is 63.9 Å². The Labute approximate surface area is 317 Å². The Morgan fingerprint density at radius 1 is 0.519 bits per heavy atom. The van der Waals surface area contributed by atoms with E-state index in [9.17, 15) is 0 Å². The standard InChI is InChI=1S/C51H42N2O/c1-50(2)42-15-9-6-12-35(42)37-21-19-33(27-44(37)50)53(34-20-22-39-38-14-8-11-17-48(38)54-49(39)28-34)47-30-45-41(36-13-7-10-16-43(36)51(45,3)4)29-40(47)31-18-23-46-32(26-31)24-25-52(46)5/h6-23,26-30H,24-25H2,1-5H3. The van der Waals surface area contributed by atoms with Crippen LogP contribution in [-0.4, -0.2) is 13.6 Å². The average Bonchev–Trinajstić information content (AvgIpc) is 3.88. The monoisotopic (exact) mass is 698 g/mol. The van der Waals surface area contributed by atoms with Gasteiger partial charge >= 0.3 is 0 Å². The molecule has 3 nitrogen and oxygen atoms in total. The van der Waals surface area contributed by atoms with Crippen LogP contribution in [0, 0.1) is 0 Å². The fourth-order valence-electron chi connectivity index (χ4n) is 10.00. The Morgan fingerprint density at radius 2 is 1.15 bits per heavy atom. The zero-order chi connectivity index (χ0) is 36.5. The van der Waals surface area contributed by atoms with Crippen molar-refractivity contribution in [2.24, 2.45) is 0 Å². The summed E-state index contributed by atoms with van der Waals surface area (Å²) in [5, 5.41) is 2.27. The first kappa shape index (κ1) is 31.5. The number of para-hydroxylation sites is 1. The molecule has 0 amide bonds. The summed E-state index contributed by atoms with van der Waals surface area (Å²) in [5.74, 6) is 0. The molecule has 2 aliphatic carbocycles. The average molecular weight is 699 g/mol. The van der Waals surface area contributed by atoms with Crippen molar-refractivity contribution < 1.29 is 4.42 Å². The molecule has 0 N–H and O–H groups in total. The Morgan fingerprint density at radius 3 is 1.94 bits per heavy atom. The van der Waals surface area contributed by atoms with Gasteiger partial charge in [0.2, 0.25) is 0 Å². The predicted octanol–water partition coefficient (Wildman–Crippen LogP) is 13.3. The van der Waals surface area contributed by atoms with E-state index in [1.807, 2.05) is 6.07 Å². The zero-order valence-electron chi connectivity index (χ0n) is 31.5. The van der Waals surface area contributed by atoms with E-state index in [-0.39, 0.29) is 10.8 Å². The minimum Gasteiger partial charge on any atom is -0.456 e. The molecule has 0 radical (unpaired) electrons. The maximum absolute atomic E-state index is 6.56. The summed E-state index contributed by atoms with van der Waals surface area (Å²) in [5.41, 5.74) is 20.9. The quantitative estimate of drug-likeness (QED) is 0.182. The Balaban J connectivity index is 1.21. The molecule has 0 spiro atoms. The lowest BCUT2D eigenvalue weighted by Crippen LogP contribution is -2.18. The van der Waals surface area contributed by atoms with Crippen molar-refractivity contribution >= 4 is 44.7 Å². The van der Waals surface area contributed by atoms with Gasteiger partial charge in [-0.15, -0.1) is 0 Å². The summed E-state index contributed by atoms with van der Waals surface area (Å²) in [6.45, 7) is 10.6. The van der Waals surface area contributed by atoms with Gasteiger partial charge in [0.25, 0.3) is 0 Å². The summed E-state index contributed by atoms with van der Waals surface area (Å²) in [6, 6.07) is 52.2. The number of nitrogens with zero attached hydrogens (tertiary/aromatic N) is 2. The lowest BCUT2D eigenvalue weighted by Gasteiger charge is -2.31. The fraction of sp³-hybridized carbons (Fsp3) is 0.176. The molecule has 3 heteroatoms. The van der Waals surface area contributed by atoms with Crippen molar-refractivity contribution in [3.63, 3.8) is 0 Å². The summed E-state index contributed by atoms with van der Waals surface area (Å²) in [6.07, 6.45) is 1.06. The van der Waals surface area contributed by atoms with Crippen LogP contribution in [0.1, 0.15) is 55.5 Å². The van der Waals surface area contributed by atoms with Crippen LogP contribution in [0.5, 0.6) is 0 Å². The Hall–Kier alpha value is -6.06. The number of hydrogen-bond donors (Lipinski definition) is 0. The highest BCUT2D eigenvalue weighted by Gasteiger charge is 2.39. The van der Waals surface area contributed by atoms with E-state index in [1.54, 1.807) is 0 Å². The Kier molecular flexibility index (Phi) is 6.40. The molecule has 262 valence electrons. The van der Waals surface area contributed by atoms with Crippen LogP contribution in [-0.2, 0) is 17.3 Å². The van der Waals surface area contributed by atoms with E-state index in [0.29, 0.717) is 0 Å². The second-order valence-corrected chi connectivity index (χ2v) is 16.6.